The molecule has 5 rings (SSSR count). The molecule has 0 amide bonds. The van der Waals surface area contributed by atoms with Crippen molar-refractivity contribution < 1.29 is 0 Å². The average molecular weight is 514 g/mol. The lowest BCUT2D eigenvalue weighted by Crippen LogP contribution is -2.58. The maximum atomic E-state index is 2.53. The largest absolute Gasteiger partial charge is 0.145 e. The van der Waals surface area contributed by atoms with Crippen molar-refractivity contribution in [2.24, 2.45) is 0 Å². The molecule has 3 aromatic carbocycles. The van der Waals surface area contributed by atoms with E-state index in [4.69, 9.17) is 0 Å². The quantitative estimate of drug-likeness (QED) is 0.126. The molecule has 4 aromatic rings. The molecule has 34 heavy (non-hydrogen) atoms. The summed E-state index contributed by atoms with van der Waals surface area (Å²) in [6, 6.07) is 28.7. The lowest BCUT2D eigenvalue weighted by molar-refractivity contribution is 1.27. The lowest BCUT2D eigenvalue weighted by atomic mass is 9.89. The van der Waals surface area contributed by atoms with Crippen molar-refractivity contribution in [3.05, 3.63) is 78.4 Å². The van der Waals surface area contributed by atoms with Crippen LogP contribution < -0.4 is 4.50 Å². The molecule has 0 atom stereocenters. The molecule has 0 aliphatic carbocycles. The molecule has 0 bridgehead atoms. The molecule has 0 fully saturated rings. The third-order valence-corrected chi connectivity index (χ3v) is 27.3. The summed E-state index contributed by atoms with van der Waals surface area (Å²) in [4.78, 5) is 2.81. The van der Waals surface area contributed by atoms with Gasteiger partial charge in [0.1, 0.15) is 0 Å². The van der Waals surface area contributed by atoms with Gasteiger partial charge < -0.3 is 0 Å². The van der Waals surface area contributed by atoms with E-state index in [1.165, 1.54) is 66.6 Å². The zero-order valence-corrected chi connectivity index (χ0v) is 24.3. The Balaban J connectivity index is 1.80. The Hall–Kier alpha value is -1.99. The van der Waals surface area contributed by atoms with Crippen LogP contribution in [0.3, 0.4) is 0 Å². The zero-order chi connectivity index (χ0) is 23.7. The highest BCUT2D eigenvalue weighted by molar-refractivity contribution is 7.98. The first-order chi connectivity index (χ1) is 16.7. The molecule has 0 nitrogen and oxygen atoms in total. The summed E-state index contributed by atoms with van der Waals surface area (Å²) >= 11 is 2.12. The van der Waals surface area contributed by atoms with Gasteiger partial charge in [-0.15, -0.1) is 22.3 Å². The molecular weight excluding hydrogens is 481 g/mol. The fraction of sp³-hybridized carbons (Fsp3) is 0.267. The van der Waals surface area contributed by atoms with Crippen molar-refractivity contribution in [2.75, 3.05) is 0 Å². The fourth-order valence-corrected chi connectivity index (χ4v) is 24.5. The number of benzene rings is 3. The average Bonchev–Trinajstić information content (AvgIpc) is 3.59. The Labute approximate surface area is 214 Å². The summed E-state index contributed by atoms with van der Waals surface area (Å²) in [6.45, 7) is 9.85. The molecule has 0 N–H and O–H groups in total. The minimum Gasteiger partial charge on any atom is -0.145 e. The highest BCUT2D eigenvalue weighted by atomic mass is 32.1. The Morgan fingerprint density at radius 2 is 1.26 bits per heavy atom. The van der Waals surface area contributed by atoms with Crippen LogP contribution in [0.2, 0.25) is 24.2 Å². The number of hydrogen-bond donors (Lipinski definition) is 0. The Kier molecular flexibility index (Phi) is 6.94. The van der Waals surface area contributed by atoms with Crippen LogP contribution in [0, 0.1) is 0 Å². The summed E-state index contributed by atoms with van der Waals surface area (Å²) in [7, 11) is 0.0996. The monoisotopic (exact) mass is 513 g/mol. The first kappa shape index (κ1) is 23.7. The summed E-state index contributed by atoms with van der Waals surface area (Å²) in [5.41, 5.74) is 2.81. The number of hydrogen-bond acceptors (Lipinski definition) is 1. The van der Waals surface area contributed by atoms with E-state index in [1.807, 2.05) is 10.9 Å². The van der Waals surface area contributed by atoms with Crippen LogP contribution >= 0.6 is 22.3 Å². The smallest absolute Gasteiger partial charge is 0.0896 e. The van der Waals surface area contributed by atoms with Gasteiger partial charge in [0.2, 0.25) is 0 Å². The number of allylic oxidation sites excluding steroid dienone is 2. The van der Waals surface area contributed by atoms with Crippen LogP contribution in [0.15, 0.2) is 72.8 Å². The van der Waals surface area contributed by atoms with Gasteiger partial charge >= 0.3 is 0 Å². The fourth-order valence-electron chi connectivity index (χ4n) is 6.01. The van der Waals surface area contributed by atoms with Crippen molar-refractivity contribution in [3.8, 4) is 10.4 Å². The molecule has 4 heteroatoms. The van der Waals surface area contributed by atoms with Gasteiger partial charge in [0.05, 0.1) is 7.59 Å². The third-order valence-electron chi connectivity index (χ3n) is 7.76. The van der Waals surface area contributed by atoms with E-state index >= 15 is 0 Å². The van der Waals surface area contributed by atoms with Gasteiger partial charge in [-0.2, -0.15) is 0 Å². The van der Waals surface area contributed by atoms with Crippen molar-refractivity contribution in [3.63, 3.8) is 0 Å². The van der Waals surface area contributed by atoms with Crippen molar-refractivity contribution in [2.45, 2.75) is 51.9 Å². The van der Waals surface area contributed by atoms with Crippen molar-refractivity contribution in [1.29, 1.82) is 0 Å². The summed E-state index contributed by atoms with van der Waals surface area (Å²) in [5.74, 6) is 0. The second-order valence-electron chi connectivity index (χ2n) is 9.08. The highest BCUT2D eigenvalue weighted by Crippen LogP contribution is 2.42. The Bertz CT molecular complexity index is 1390. The van der Waals surface area contributed by atoms with E-state index in [-0.39, 0.29) is 8.31 Å². The van der Waals surface area contributed by atoms with Gasteiger partial charge in [0, 0.05) is 29.2 Å². The van der Waals surface area contributed by atoms with Crippen LogP contribution in [0.25, 0.3) is 32.0 Å². The van der Waals surface area contributed by atoms with E-state index in [0.29, 0.717) is 0 Å². The maximum absolute atomic E-state index is 2.53. The zero-order valence-electron chi connectivity index (χ0n) is 20.7. The van der Waals surface area contributed by atoms with Crippen molar-refractivity contribution in [1.82, 2.24) is 0 Å². The second-order valence-corrected chi connectivity index (χ2v) is 23.2. The third kappa shape index (κ3) is 3.76. The summed E-state index contributed by atoms with van der Waals surface area (Å²) < 4.78 is 1.75. The number of thiophene rings is 1. The van der Waals surface area contributed by atoms with Crippen LogP contribution in [-0.4, -0.2) is 26.1 Å². The number of rotatable bonds is 8. The highest BCUT2D eigenvalue weighted by Gasteiger charge is 2.40. The van der Waals surface area contributed by atoms with Crippen LogP contribution in [-0.2, 0) is 0 Å². The predicted octanol–water partition coefficient (Wildman–Crippen LogP) is 8.66. The van der Waals surface area contributed by atoms with E-state index < -0.39 is 7.59 Å². The van der Waals surface area contributed by atoms with Crippen molar-refractivity contribution >= 4 is 74.5 Å². The molecule has 0 saturated heterocycles. The Morgan fingerprint density at radius 3 is 1.74 bits per heavy atom. The summed E-state index contributed by atoms with van der Waals surface area (Å²) in [5, 5.41) is 7.70. The normalized spacial score (nSPS) is 13.7. The molecule has 0 spiro atoms. The maximum Gasteiger partial charge on any atom is 0.0896 e. The molecule has 1 aromatic heterocycles. The van der Waals surface area contributed by atoms with E-state index in [2.05, 4.69) is 117 Å². The SMILES string of the molecule is CC[Si](CC)[Si](CC)(CC)c1ccc(-c2c3ccccc3c(C3=S=CC=C3)c3ccccc23)s1. The topological polar surface area (TPSA) is 0 Å². The molecule has 0 saturated carbocycles. The lowest BCUT2D eigenvalue weighted by Gasteiger charge is -2.35. The molecule has 173 valence electrons. The van der Waals surface area contributed by atoms with E-state index in [0.717, 1.165) is 0 Å². The molecule has 1 aliphatic rings. The Morgan fingerprint density at radius 1 is 0.706 bits per heavy atom. The van der Waals surface area contributed by atoms with Gasteiger partial charge in [-0.25, -0.2) is 0 Å². The molecule has 1 aliphatic heterocycles. The van der Waals surface area contributed by atoms with Gasteiger partial charge in [0.25, 0.3) is 0 Å². The standard InChI is InChI=1S/C30H33S2Si2/c1-5-33(6-2)34(7-3,8-4)28-20-19-27(32-28)30-24-16-11-9-14-22(24)29(26-18-13-21-31-26)23-15-10-12-17-25(23)30/h9-21H,5-8H2,1-4H3. The van der Waals surface area contributed by atoms with E-state index in [9.17, 15) is 0 Å². The minimum atomic E-state index is -1.43. The van der Waals surface area contributed by atoms with Gasteiger partial charge in [0.15, 0.2) is 0 Å². The minimum absolute atomic E-state index is 0.312. The van der Waals surface area contributed by atoms with E-state index in [1.54, 1.807) is 4.50 Å². The summed E-state index contributed by atoms with van der Waals surface area (Å²) in [6.07, 6.45) is 4.44. The van der Waals surface area contributed by atoms with Crippen LogP contribution in [0.5, 0.6) is 0 Å². The van der Waals surface area contributed by atoms with Gasteiger partial charge in [-0.1, -0.05) is 113 Å². The van der Waals surface area contributed by atoms with Crippen LogP contribution in [0.4, 0.5) is 0 Å². The molecule has 0 unspecified atom stereocenters. The molecular formula is C30H33S2Si2. The first-order valence-corrected chi connectivity index (χ1v) is 19.6. The molecule has 1 radical (unpaired) electrons. The second kappa shape index (κ2) is 9.94. The molecule has 2 heterocycles. The predicted molar refractivity (Wildman–Crippen MR) is 165 cm³/mol. The van der Waals surface area contributed by atoms with Crippen LogP contribution in [0.1, 0.15) is 33.3 Å². The van der Waals surface area contributed by atoms with Gasteiger partial charge in [-0.05, 0) is 43.6 Å². The van der Waals surface area contributed by atoms with Gasteiger partial charge in [-0.3, -0.25) is 0 Å². The number of fused-ring (bicyclic) bond motifs is 2. The first-order valence-electron chi connectivity index (χ1n) is 12.6.